The maximum Gasteiger partial charge on any atom is 0.244 e. The maximum atomic E-state index is 11.5. The average Bonchev–Trinajstić information content (AvgIpc) is 2.26. The normalized spacial score (nSPS) is 13.7. The predicted molar refractivity (Wildman–Crippen MR) is 67.4 cm³/mol. The Morgan fingerprint density at radius 1 is 1.33 bits per heavy atom. The molecule has 0 saturated heterocycles. The summed E-state index contributed by atoms with van der Waals surface area (Å²) in [5, 5.41) is 5.29. The summed E-state index contributed by atoms with van der Waals surface area (Å²) >= 11 is 0. The number of fused-ring (bicyclic) bond motifs is 1. The number of nitrogens with one attached hydrogen (secondary N) is 2. The lowest BCUT2D eigenvalue weighted by molar-refractivity contribution is -0.120. The molecule has 0 radical (unpaired) electrons. The SMILES string of the molecule is CC(=O)Nc1ccc2c(c1)NC(=O)CN2C(C)=O. The van der Waals surface area contributed by atoms with E-state index in [1.54, 1.807) is 18.2 Å². The summed E-state index contributed by atoms with van der Waals surface area (Å²) in [6, 6.07) is 5.01. The van der Waals surface area contributed by atoms with E-state index in [0.29, 0.717) is 17.1 Å². The third-order valence-corrected chi connectivity index (χ3v) is 2.56. The molecule has 0 unspecified atom stereocenters. The first-order valence-electron chi connectivity index (χ1n) is 5.47. The zero-order valence-electron chi connectivity index (χ0n) is 10.1. The molecule has 1 aliphatic heterocycles. The van der Waals surface area contributed by atoms with E-state index in [4.69, 9.17) is 0 Å². The van der Waals surface area contributed by atoms with Gasteiger partial charge in [-0.3, -0.25) is 14.4 Å². The van der Waals surface area contributed by atoms with Gasteiger partial charge in [0.2, 0.25) is 17.7 Å². The van der Waals surface area contributed by atoms with Gasteiger partial charge in [0.1, 0.15) is 6.54 Å². The Morgan fingerprint density at radius 3 is 2.67 bits per heavy atom. The molecule has 0 aliphatic carbocycles. The molecule has 94 valence electrons. The van der Waals surface area contributed by atoms with E-state index in [2.05, 4.69) is 10.6 Å². The van der Waals surface area contributed by atoms with Crippen molar-refractivity contribution in [1.29, 1.82) is 0 Å². The largest absolute Gasteiger partial charge is 0.326 e. The molecule has 0 saturated carbocycles. The van der Waals surface area contributed by atoms with E-state index in [1.807, 2.05) is 0 Å². The van der Waals surface area contributed by atoms with Gasteiger partial charge < -0.3 is 15.5 Å². The van der Waals surface area contributed by atoms with E-state index in [0.717, 1.165) is 0 Å². The van der Waals surface area contributed by atoms with Crippen molar-refractivity contribution >= 4 is 34.8 Å². The third-order valence-electron chi connectivity index (χ3n) is 2.56. The monoisotopic (exact) mass is 247 g/mol. The number of anilines is 3. The summed E-state index contributed by atoms with van der Waals surface area (Å²) in [5.41, 5.74) is 1.73. The first-order valence-corrected chi connectivity index (χ1v) is 5.47. The molecule has 1 aliphatic rings. The van der Waals surface area contributed by atoms with Gasteiger partial charge in [0, 0.05) is 19.5 Å². The molecule has 6 nitrogen and oxygen atoms in total. The van der Waals surface area contributed by atoms with Crippen LogP contribution in [-0.4, -0.2) is 24.3 Å². The Morgan fingerprint density at radius 2 is 2.06 bits per heavy atom. The second-order valence-corrected chi connectivity index (χ2v) is 4.07. The van der Waals surface area contributed by atoms with Crippen LogP contribution in [0.4, 0.5) is 17.1 Å². The maximum absolute atomic E-state index is 11.5. The lowest BCUT2D eigenvalue weighted by atomic mass is 10.1. The van der Waals surface area contributed by atoms with Crippen molar-refractivity contribution in [3.8, 4) is 0 Å². The van der Waals surface area contributed by atoms with E-state index < -0.39 is 0 Å². The summed E-state index contributed by atoms with van der Waals surface area (Å²) in [4.78, 5) is 35.3. The number of benzene rings is 1. The van der Waals surface area contributed by atoms with Crippen LogP contribution in [0.25, 0.3) is 0 Å². The average molecular weight is 247 g/mol. The van der Waals surface area contributed by atoms with Gasteiger partial charge in [-0.05, 0) is 18.2 Å². The van der Waals surface area contributed by atoms with Crippen molar-refractivity contribution in [3.63, 3.8) is 0 Å². The first kappa shape index (κ1) is 12.1. The molecule has 0 bridgehead atoms. The van der Waals surface area contributed by atoms with Crippen LogP contribution < -0.4 is 15.5 Å². The highest BCUT2D eigenvalue weighted by molar-refractivity contribution is 6.10. The van der Waals surface area contributed by atoms with Gasteiger partial charge in [-0.2, -0.15) is 0 Å². The number of rotatable bonds is 1. The minimum absolute atomic E-state index is 0.0157. The highest BCUT2D eigenvalue weighted by Gasteiger charge is 2.24. The molecule has 1 aromatic carbocycles. The highest BCUT2D eigenvalue weighted by atomic mass is 16.2. The molecular formula is C12H13N3O3. The summed E-state index contributed by atoms with van der Waals surface area (Å²) in [6.07, 6.45) is 0. The highest BCUT2D eigenvalue weighted by Crippen LogP contribution is 2.32. The zero-order valence-corrected chi connectivity index (χ0v) is 10.1. The Labute approximate surface area is 104 Å². The van der Waals surface area contributed by atoms with Gasteiger partial charge in [-0.25, -0.2) is 0 Å². The van der Waals surface area contributed by atoms with Crippen LogP contribution in [0.1, 0.15) is 13.8 Å². The lowest BCUT2D eigenvalue weighted by Crippen LogP contribution is -2.40. The molecule has 0 aromatic heterocycles. The molecule has 0 spiro atoms. The van der Waals surface area contributed by atoms with Gasteiger partial charge in [0.25, 0.3) is 0 Å². The topological polar surface area (TPSA) is 78.5 Å². The minimum atomic E-state index is -0.252. The van der Waals surface area contributed by atoms with Crippen molar-refractivity contribution < 1.29 is 14.4 Å². The molecule has 1 heterocycles. The van der Waals surface area contributed by atoms with Crippen molar-refractivity contribution in [3.05, 3.63) is 18.2 Å². The van der Waals surface area contributed by atoms with Gasteiger partial charge in [-0.15, -0.1) is 0 Å². The second-order valence-electron chi connectivity index (χ2n) is 4.07. The van der Waals surface area contributed by atoms with Crippen molar-refractivity contribution in [2.75, 3.05) is 22.1 Å². The molecule has 1 aromatic rings. The molecule has 0 fully saturated rings. The van der Waals surface area contributed by atoms with Crippen molar-refractivity contribution in [1.82, 2.24) is 0 Å². The molecule has 2 rings (SSSR count). The number of carbonyl (C=O) groups is 3. The Kier molecular flexibility index (Phi) is 3.01. The molecule has 18 heavy (non-hydrogen) atoms. The summed E-state index contributed by atoms with van der Waals surface area (Å²) < 4.78 is 0. The standard InChI is InChI=1S/C12H13N3O3/c1-7(16)13-9-3-4-11-10(5-9)14-12(18)6-15(11)8(2)17/h3-5H,6H2,1-2H3,(H,13,16)(H,14,18). The number of nitrogens with zero attached hydrogens (tertiary/aromatic N) is 1. The van der Waals surface area contributed by atoms with Crippen LogP contribution >= 0.6 is 0 Å². The van der Waals surface area contributed by atoms with Crippen molar-refractivity contribution in [2.45, 2.75) is 13.8 Å². The van der Waals surface area contributed by atoms with Crippen LogP contribution in [0, 0.1) is 0 Å². The van der Waals surface area contributed by atoms with Crippen molar-refractivity contribution in [2.24, 2.45) is 0 Å². The summed E-state index contributed by atoms with van der Waals surface area (Å²) in [7, 11) is 0. The second kappa shape index (κ2) is 4.48. The van der Waals surface area contributed by atoms with E-state index in [9.17, 15) is 14.4 Å². The smallest absolute Gasteiger partial charge is 0.244 e. The number of hydrogen-bond acceptors (Lipinski definition) is 3. The van der Waals surface area contributed by atoms with E-state index >= 15 is 0 Å². The summed E-state index contributed by atoms with van der Waals surface area (Å²) in [6.45, 7) is 2.83. The third kappa shape index (κ3) is 2.32. The van der Waals surface area contributed by atoms with Crippen LogP contribution in [0.15, 0.2) is 18.2 Å². The number of amides is 3. The number of carbonyl (C=O) groups excluding carboxylic acids is 3. The fraction of sp³-hybridized carbons (Fsp3) is 0.250. The van der Waals surface area contributed by atoms with Crippen LogP contribution in [-0.2, 0) is 14.4 Å². The molecule has 0 atom stereocenters. The van der Waals surface area contributed by atoms with Gasteiger partial charge in [-0.1, -0.05) is 0 Å². The Bertz CT molecular complexity index is 539. The number of hydrogen-bond donors (Lipinski definition) is 2. The fourth-order valence-electron chi connectivity index (χ4n) is 1.85. The Hall–Kier alpha value is -2.37. The van der Waals surface area contributed by atoms with E-state index in [-0.39, 0.29) is 24.3 Å². The molecule has 2 N–H and O–H groups in total. The van der Waals surface area contributed by atoms with Gasteiger partial charge in [0.15, 0.2) is 0 Å². The zero-order chi connectivity index (χ0) is 13.3. The van der Waals surface area contributed by atoms with Crippen LogP contribution in [0.5, 0.6) is 0 Å². The summed E-state index contributed by atoms with van der Waals surface area (Å²) in [5.74, 6) is -0.642. The van der Waals surface area contributed by atoms with Crippen LogP contribution in [0.2, 0.25) is 0 Å². The first-order chi connectivity index (χ1) is 8.47. The van der Waals surface area contributed by atoms with E-state index in [1.165, 1.54) is 18.7 Å². The molecule has 3 amide bonds. The van der Waals surface area contributed by atoms with Crippen LogP contribution in [0.3, 0.4) is 0 Å². The fourth-order valence-corrected chi connectivity index (χ4v) is 1.85. The Balaban J connectivity index is 2.39. The lowest BCUT2D eigenvalue weighted by Gasteiger charge is -2.28. The molecular weight excluding hydrogens is 234 g/mol. The quantitative estimate of drug-likeness (QED) is 0.775. The minimum Gasteiger partial charge on any atom is -0.326 e. The van der Waals surface area contributed by atoms with Gasteiger partial charge >= 0.3 is 0 Å². The predicted octanol–water partition coefficient (Wildman–Crippen LogP) is 0.950. The molecule has 6 heteroatoms. The van der Waals surface area contributed by atoms with Gasteiger partial charge in [0.05, 0.1) is 11.4 Å².